The topological polar surface area (TPSA) is 126 Å². The SMILES string of the molecule is C[C@H](Cc1cccc([C@@]2(C)CCCC(C)(C)CN(C)C(=O)CCc3c(c(F)cc4[nH]ccc34)Oc3ccnc(c3)-c3nc2nn3C)c1)C(=O)O. The molecule has 0 unspecified atom stereocenters. The molecule has 6 rings (SSSR count). The van der Waals surface area contributed by atoms with Gasteiger partial charge in [0, 0.05) is 68.1 Å². The third kappa shape index (κ3) is 7.13. The molecule has 50 heavy (non-hydrogen) atoms. The summed E-state index contributed by atoms with van der Waals surface area (Å²) in [6.07, 6.45) is 6.65. The lowest BCUT2D eigenvalue weighted by molar-refractivity contribution is -0.141. The smallest absolute Gasteiger partial charge is 0.306 e. The lowest BCUT2D eigenvalue weighted by atomic mass is 9.74. The Bertz CT molecular complexity index is 2050. The standard InChI is InChI=1S/C39H45FN6O4/c1-24(36(48)49)19-25-9-7-10-26(20-25)39(4)16-8-15-38(2,3)23-45(5)33(47)12-11-29-28-14-18-41-31(28)22-30(40)34(29)50-27-13-17-42-32(21-27)35-43-37(39)44-46(35)6/h7,9-10,13-14,17-18,20-22,24,41H,8,11-12,15-16,19,23H2,1-6H3,(H,48,49)/t24-,39-/m1/s1. The van der Waals surface area contributed by atoms with Crippen LogP contribution in [0.2, 0.25) is 0 Å². The molecule has 4 heterocycles. The summed E-state index contributed by atoms with van der Waals surface area (Å²) in [4.78, 5) is 39.7. The second-order valence-corrected chi connectivity index (χ2v) is 14.7. The summed E-state index contributed by atoms with van der Waals surface area (Å²) in [5, 5.41) is 15.3. The summed E-state index contributed by atoms with van der Waals surface area (Å²) >= 11 is 0. The normalized spacial score (nSPS) is 19.2. The number of carbonyl (C=O) groups is 2. The third-order valence-corrected chi connectivity index (χ3v) is 10.0. The van der Waals surface area contributed by atoms with Gasteiger partial charge in [0.1, 0.15) is 11.4 Å². The molecule has 1 amide bonds. The van der Waals surface area contributed by atoms with Crippen LogP contribution in [0.4, 0.5) is 4.39 Å². The highest BCUT2D eigenvalue weighted by Gasteiger charge is 2.35. The van der Waals surface area contributed by atoms with Crippen molar-refractivity contribution in [3.63, 3.8) is 0 Å². The number of nitrogens with zero attached hydrogens (tertiary/aromatic N) is 5. The van der Waals surface area contributed by atoms with Crippen molar-refractivity contribution in [2.75, 3.05) is 13.6 Å². The third-order valence-electron chi connectivity index (χ3n) is 10.0. The van der Waals surface area contributed by atoms with Crippen LogP contribution < -0.4 is 4.74 Å². The van der Waals surface area contributed by atoms with Crippen molar-refractivity contribution < 1.29 is 23.8 Å². The molecule has 2 atom stereocenters. The fourth-order valence-corrected chi connectivity index (χ4v) is 7.16. The van der Waals surface area contributed by atoms with Gasteiger partial charge in [-0.25, -0.2) is 14.1 Å². The Morgan fingerprint density at radius 3 is 2.68 bits per heavy atom. The second-order valence-electron chi connectivity index (χ2n) is 14.7. The van der Waals surface area contributed by atoms with Crippen LogP contribution in [0.25, 0.3) is 22.4 Å². The minimum absolute atomic E-state index is 0.0248. The first kappa shape index (κ1) is 34.8. The lowest BCUT2D eigenvalue weighted by Crippen LogP contribution is -2.36. The minimum Gasteiger partial charge on any atom is -0.481 e. The van der Waals surface area contributed by atoms with Crippen LogP contribution >= 0.6 is 0 Å². The average molecular weight is 681 g/mol. The van der Waals surface area contributed by atoms with Crippen LogP contribution in [0.5, 0.6) is 11.5 Å². The number of ether oxygens (including phenoxy) is 1. The van der Waals surface area contributed by atoms with E-state index in [0.29, 0.717) is 60.0 Å². The van der Waals surface area contributed by atoms with Crippen LogP contribution in [-0.2, 0) is 34.9 Å². The molecular weight excluding hydrogens is 635 g/mol. The van der Waals surface area contributed by atoms with E-state index in [4.69, 9.17) is 14.8 Å². The number of benzene rings is 2. The number of amides is 1. The molecule has 5 aromatic rings. The van der Waals surface area contributed by atoms with Crippen LogP contribution in [0.1, 0.15) is 75.9 Å². The van der Waals surface area contributed by atoms with Gasteiger partial charge in [-0.1, -0.05) is 51.5 Å². The van der Waals surface area contributed by atoms with Gasteiger partial charge in [0.25, 0.3) is 0 Å². The number of aliphatic carboxylic acids is 1. The van der Waals surface area contributed by atoms with Crippen molar-refractivity contribution in [2.24, 2.45) is 18.4 Å². The number of carbonyl (C=O) groups excluding carboxylic acids is 1. The Morgan fingerprint density at radius 2 is 1.90 bits per heavy atom. The average Bonchev–Trinajstić information content (AvgIpc) is 3.70. The molecule has 262 valence electrons. The molecule has 10 nitrogen and oxygen atoms in total. The van der Waals surface area contributed by atoms with Crippen molar-refractivity contribution in [3.05, 3.63) is 89.3 Å². The van der Waals surface area contributed by atoms with Crippen LogP contribution in [0.15, 0.2) is 60.9 Å². The first-order valence-electron chi connectivity index (χ1n) is 17.1. The number of carboxylic acid groups (broad SMARTS) is 1. The molecule has 3 aromatic heterocycles. The van der Waals surface area contributed by atoms with Crippen molar-refractivity contribution in [2.45, 2.75) is 71.6 Å². The molecule has 1 aliphatic heterocycles. The molecule has 11 heteroatoms. The highest BCUT2D eigenvalue weighted by Crippen LogP contribution is 2.40. The van der Waals surface area contributed by atoms with Gasteiger partial charge in [0.05, 0.1) is 11.3 Å². The molecule has 0 saturated carbocycles. The van der Waals surface area contributed by atoms with Gasteiger partial charge in [0.2, 0.25) is 5.91 Å². The molecule has 2 aromatic carbocycles. The Morgan fingerprint density at radius 1 is 1.10 bits per heavy atom. The Kier molecular flexibility index (Phi) is 9.52. The summed E-state index contributed by atoms with van der Waals surface area (Å²) in [6.45, 7) is 8.74. The van der Waals surface area contributed by atoms with E-state index in [9.17, 15) is 14.7 Å². The van der Waals surface area contributed by atoms with E-state index in [2.05, 4.69) is 42.9 Å². The van der Waals surface area contributed by atoms with Gasteiger partial charge < -0.3 is 19.7 Å². The maximum absolute atomic E-state index is 15.7. The number of pyridine rings is 1. The number of rotatable bonds is 4. The van der Waals surface area contributed by atoms with E-state index < -0.39 is 23.1 Å². The Balaban J connectivity index is 1.46. The summed E-state index contributed by atoms with van der Waals surface area (Å²) < 4.78 is 23.7. The zero-order valence-corrected chi connectivity index (χ0v) is 29.6. The van der Waals surface area contributed by atoms with Gasteiger partial charge in [-0.05, 0) is 61.3 Å². The van der Waals surface area contributed by atoms with E-state index in [1.165, 1.54) is 6.07 Å². The maximum atomic E-state index is 15.7. The number of halogens is 1. The largest absolute Gasteiger partial charge is 0.481 e. The number of hydrogen-bond acceptors (Lipinski definition) is 6. The van der Waals surface area contributed by atoms with E-state index in [1.807, 2.05) is 32.3 Å². The van der Waals surface area contributed by atoms with Crippen molar-refractivity contribution in [3.8, 4) is 23.0 Å². The van der Waals surface area contributed by atoms with Crippen LogP contribution in [0, 0.1) is 17.2 Å². The monoisotopic (exact) mass is 680 g/mol. The lowest BCUT2D eigenvalue weighted by Gasteiger charge is -2.33. The van der Waals surface area contributed by atoms with E-state index in [1.54, 1.807) is 41.0 Å². The van der Waals surface area contributed by atoms with Gasteiger partial charge >= 0.3 is 5.97 Å². The molecule has 0 fully saturated rings. The number of nitrogens with one attached hydrogen (secondary N) is 1. The summed E-state index contributed by atoms with van der Waals surface area (Å²) in [7, 11) is 3.65. The molecule has 0 spiro atoms. The van der Waals surface area contributed by atoms with E-state index in [0.717, 1.165) is 29.4 Å². The quantitative estimate of drug-likeness (QED) is 0.202. The highest BCUT2D eigenvalue weighted by atomic mass is 19.1. The number of aryl methyl sites for hydroxylation is 2. The van der Waals surface area contributed by atoms with Gasteiger partial charge in [0.15, 0.2) is 23.2 Å². The number of fused-ring (bicyclic) bond motifs is 8. The van der Waals surface area contributed by atoms with Gasteiger partial charge in [-0.3, -0.25) is 14.6 Å². The fraction of sp³-hybridized carbons (Fsp3) is 0.410. The summed E-state index contributed by atoms with van der Waals surface area (Å²) in [5.41, 5.74) is 2.87. The first-order chi connectivity index (χ1) is 23.7. The number of carboxylic acids is 1. The maximum Gasteiger partial charge on any atom is 0.306 e. The predicted octanol–water partition coefficient (Wildman–Crippen LogP) is 7.46. The van der Waals surface area contributed by atoms with Crippen LogP contribution in [-0.4, -0.2) is 60.2 Å². The Labute approximate surface area is 291 Å². The molecule has 2 N–H and O–H groups in total. The molecule has 0 aliphatic carbocycles. The summed E-state index contributed by atoms with van der Waals surface area (Å²) in [5.74, 6) is -0.325. The van der Waals surface area contributed by atoms with E-state index in [-0.39, 0.29) is 23.5 Å². The highest BCUT2D eigenvalue weighted by molar-refractivity contribution is 5.86. The van der Waals surface area contributed by atoms with Gasteiger partial charge in [-0.15, -0.1) is 0 Å². The zero-order valence-electron chi connectivity index (χ0n) is 29.6. The van der Waals surface area contributed by atoms with Crippen molar-refractivity contribution >= 4 is 22.8 Å². The van der Waals surface area contributed by atoms with Crippen LogP contribution in [0.3, 0.4) is 0 Å². The molecular formula is C39H45FN6O4. The minimum atomic E-state index is -0.835. The number of aromatic amines is 1. The van der Waals surface area contributed by atoms with Gasteiger partial charge in [-0.2, -0.15) is 5.10 Å². The molecule has 0 radical (unpaired) electrons. The van der Waals surface area contributed by atoms with E-state index >= 15 is 4.39 Å². The van der Waals surface area contributed by atoms with Crippen molar-refractivity contribution in [1.29, 1.82) is 0 Å². The number of aromatic nitrogens is 5. The zero-order chi connectivity index (χ0) is 35.8. The summed E-state index contributed by atoms with van der Waals surface area (Å²) in [6, 6.07) is 14.7. The molecule has 1 aliphatic rings. The first-order valence-corrected chi connectivity index (χ1v) is 17.1. The molecule has 0 saturated heterocycles. The Hall–Kier alpha value is -5.06. The number of hydrogen-bond donors (Lipinski definition) is 2. The van der Waals surface area contributed by atoms with Crippen molar-refractivity contribution in [1.82, 2.24) is 29.6 Å². The number of H-pyrrole nitrogens is 1. The second kappa shape index (κ2) is 13.7. The predicted molar refractivity (Wildman–Crippen MR) is 190 cm³/mol. The molecule has 4 bridgehead atoms. The fourth-order valence-electron chi connectivity index (χ4n) is 7.16.